The van der Waals surface area contributed by atoms with Crippen molar-refractivity contribution in [2.75, 3.05) is 26.2 Å². The fourth-order valence-electron chi connectivity index (χ4n) is 3.85. The number of ether oxygens (including phenoxy) is 1. The maximum Gasteiger partial charge on any atom is 0.490 e. The first-order valence-corrected chi connectivity index (χ1v) is 11.6. The number of aryl methyl sites for hydroxylation is 1. The third-order valence-corrected chi connectivity index (χ3v) is 5.83. The van der Waals surface area contributed by atoms with Crippen molar-refractivity contribution >= 4 is 17.8 Å². The van der Waals surface area contributed by atoms with Crippen LogP contribution in [0.3, 0.4) is 0 Å². The number of piperidine rings is 1. The van der Waals surface area contributed by atoms with E-state index >= 15 is 0 Å². The minimum atomic E-state index is -5.08. The summed E-state index contributed by atoms with van der Waals surface area (Å²) < 4.78 is 71.3. The quantitative estimate of drug-likeness (QED) is 0.520. The van der Waals surface area contributed by atoms with Crippen molar-refractivity contribution in [3.8, 4) is 0 Å². The minimum Gasteiger partial charge on any atom is -0.475 e. The van der Waals surface area contributed by atoms with E-state index in [2.05, 4.69) is 21.2 Å². The van der Waals surface area contributed by atoms with Crippen LogP contribution in [0.1, 0.15) is 24.1 Å². The fraction of sp³-hybridized carbons (Fsp3) is 0.522. The Labute approximate surface area is 223 Å². The number of carbonyl (C=O) groups excluding carboxylic acids is 1. The zero-order chi connectivity index (χ0) is 30.1. The molecule has 4 heterocycles. The van der Waals surface area contributed by atoms with Gasteiger partial charge in [-0.05, 0) is 25.0 Å². The Morgan fingerprint density at radius 2 is 1.60 bits per heavy atom. The summed E-state index contributed by atoms with van der Waals surface area (Å²) in [7, 11) is 1.94. The highest BCUT2D eigenvalue weighted by Crippen LogP contribution is 2.31. The molecule has 2 N–H and O–H groups in total. The van der Waals surface area contributed by atoms with Gasteiger partial charge in [0.05, 0.1) is 30.6 Å². The number of alkyl halides is 6. The number of hydrogen-bond donors (Lipinski definition) is 2. The van der Waals surface area contributed by atoms with Gasteiger partial charge in [-0.15, -0.1) is 0 Å². The van der Waals surface area contributed by atoms with E-state index in [4.69, 9.17) is 24.5 Å². The number of hydrogen-bond acceptors (Lipinski definition) is 7. The monoisotopic (exact) mass is 583 g/mol. The van der Waals surface area contributed by atoms with Crippen LogP contribution in [0.15, 0.2) is 36.8 Å². The third kappa shape index (κ3) is 10.4. The molecule has 0 bridgehead atoms. The Hall–Kier alpha value is -3.73. The highest BCUT2D eigenvalue weighted by Gasteiger charge is 2.42. The summed E-state index contributed by atoms with van der Waals surface area (Å²) in [6.45, 7) is 4.25. The molecule has 0 aromatic carbocycles. The summed E-state index contributed by atoms with van der Waals surface area (Å²) in [5.74, 6) is -5.46. The number of aromatic nitrogens is 3. The molecule has 2 saturated heterocycles. The van der Waals surface area contributed by atoms with E-state index in [1.807, 2.05) is 41.0 Å². The van der Waals surface area contributed by atoms with Gasteiger partial charge in [0.15, 0.2) is 0 Å². The topological polar surface area (TPSA) is 138 Å². The second kappa shape index (κ2) is 13.6. The largest absolute Gasteiger partial charge is 0.490 e. The minimum absolute atomic E-state index is 0.0547. The van der Waals surface area contributed by atoms with Crippen LogP contribution in [-0.4, -0.2) is 96.8 Å². The molecule has 0 saturated carbocycles. The summed E-state index contributed by atoms with van der Waals surface area (Å²) in [6.07, 6.45) is -2.52. The summed E-state index contributed by atoms with van der Waals surface area (Å²) in [6, 6.07) is 5.82. The summed E-state index contributed by atoms with van der Waals surface area (Å²) in [4.78, 5) is 38.8. The lowest BCUT2D eigenvalue weighted by Crippen LogP contribution is -2.58. The Morgan fingerprint density at radius 1 is 1.02 bits per heavy atom. The SMILES string of the molecule is Cn1cc(CN2CCC3(CC2)CN(Cc2ccccn2)C(=O)CO3)cn1.O=C(O)C(F)(F)F.O=C(O)C(F)(F)F. The van der Waals surface area contributed by atoms with E-state index in [0.717, 1.165) is 38.2 Å². The van der Waals surface area contributed by atoms with E-state index in [0.29, 0.717) is 13.1 Å². The van der Waals surface area contributed by atoms with Gasteiger partial charge in [0, 0.05) is 44.6 Å². The highest BCUT2D eigenvalue weighted by molar-refractivity contribution is 5.78. The van der Waals surface area contributed by atoms with Crippen molar-refractivity contribution in [2.45, 2.75) is 43.9 Å². The third-order valence-electron chi connectivity index (χ3n) is 5.83. The number of pyridine rings is 1. The molecule has 1 amide bonds. The first-order chi connectivity index (χ1) is 18.5. The molecular weight excluding hydrogens is 556 g/mol. The van der Waals surface area contributed by atoms with Gasteiger partial charge in [0.1, 0.15) is 6.61 Å². The highest BCUT2D eigenvalue weighted by atomic mass is 19.4. The molecule has 222 valence electrons. The van der Waals surface area contributed by atoms with Crippen LogP contribution in [0.2, 0.25) is 0 Å². The number of carboxylic acids is 2. The molecule has 2 aliphatic rings. The fourth-order valence-corrected chi connectivity index (χ4v) is 3.85. The molecule has 2 aliphatic heterocycles. The molecule has 0 aliphatic carbocycles. The zero-order valence-electron chi connectivity index (χ0n) is 21.2. The van der Waals surface area contributed by atoms with Gasteiger partial charge < -0.3 is 19.8 Å². The predicted molar refractivity (Wildman–Crippen MR) is 123 cm³/mol. The van der Waals surface area contributed by atoms with Crippen molar-refractivity contribution in [2.24, 2.45) is 7.05 Å². The molecular formula is C23H27F6N5O6. The zero-order valence-corrected chi connectivity index (χ0v) is 21.2. The molecule has 0 atom stereocenters. The Morgan fingerprint density at radius 3 is 2.05 bits per heavy atom. The van der Waals surface area contributed by atoms with Crippen molar-refractivity contribution < 1.29 is 55.7 Å². The molecule has 11 nitrogen and oxygen atoms in total. The average molecular weight is 583 g/mol. The average Bonchev–Trinajstić information content (AvgIpc) is 3.28. The number of aliphatic carboxylic acids is 2. The van der Waals surface area contributed by atoms with Gasteiger partial charge in [-0.2, -0.15) is 31.4 Å². The number of carboxylic acid groups (broad SMARTS) is 2. The molecule has 40 heavy (non-hydrogen) atoms. The van der Waals surface area contributed by atoms with Crippen LogP contribution in [0.25, 0.3) is 0 Å². The number of halogens is 6. The van der Waals surface area contributed by atoms with Crippen LogP contribution in [-0.2, 0) is 39.3 Å². The number of rotatable bonds is 4. The second-order valence-corrected chi connectivity index (χ2v) is 8.95. The van der Waals surface area contributed by atoms with E-state index in [1.165, 1.54) is 5.56 Å². The number of nitrogens with zero attached hydrogens (tertiary/aromatic N) is 5. The van der Waals surface area contributed by atoms with Crippen LogP contribution in [0, 0.1) is 0 Å². The van der Waals surface area contributed by atoms with Gasteiger partial charge >= 0.3 is 24.3 Å². The van der Waals surface area contributed by atoms with Gasteiger partial charge in [-0.25, -0.2) is 9.59 Å². The normalized spacial score (nSPS) is 17.4. The molecule has 0 radical (unpaired) electrons. The molecule has 17 heteroatoms. The first-order valence-electron chi connectivity index (χ1n) is 11.6. The van der Waals surface area contributed by atoms with Gasteiger partial charge in [0.2, 0.25) is 5.91 Å². The van der Waals surface area contributed by atoms with Crippen LogP contribution in [0.4, 0.5) is 26.3 Å². The van der Waals surface area contributed by atoms with E-state index in [-0.39, 0.29) is 18.1 Å². The lowest BCUT2D eigenvalue weighted by atomic mass is 9.89. The standard InChI is InChI=1S/C19H25N5O2.2C2HF3O2/c1-22-11-16(10-21-22)12-23-8-5-19(6-9-23)15-24(18(25)14-26-19)13-17-4-2-3-7-20-17;2*3-2(4,5)1(6)7/h2-4,7,10-11H,5-6,8-9,12-15H2,1H3;2*(H,6,7). The number of likely N-dealkylation sites (tertiary alicyclic amines) is 1. The van der Waals surface area contributed by atoms with E-state index < -0.39 is 24.3 Å². The van der Waals surface area contributed by atoms with Crippen LogP contribution >= 0.6 is 0 Å². The number of morpholine rings is 1. The first kappa shape index (κ1) is 32.5. The number of amides is 1. The van der Waals surface area contributed by atoms with Crippen LogP contribution < -0.4 is 0 Å². The Kier molecular flexibility index (Phi) is 11.0. The van der Waals surface area contributed by atoms with Crippen molar-refractivity contribution in [1.29, 1.82) is 0 Å². The predicted octanol–water partition coefficient (Wildman–Crippen LogP) is 2.48. The molecule has 2 fully saturated rings. The molecule has 0 unspecified atom stereocenters. The van der Waals surface area contributed by atoms with Gasteiger partial charge in [0.25, 0.3) is 0 Å². The van der Waals surface area contributed by atoms with E-state index in [1.54, 1.807) is 6.20 Å². The molecule has 4 rings (SSSR count). The summed E-state index contributed by atoms with van der Waals surface area (Å²) >= 11 is 0. The van der Waals surface area contributed by atoms with Gasteiger partial charge in [-0.3, -0.25) is 19.4 Å². The van der Waals surface area contributed by atoms with Gasteiger partial charge in [-0.1, -0.05) is 6.07 Å². The van der Waals surface area contributed by atoms with Crippen molar-refractivity contribution in [1.82, 2.24) is 24.6 Å². The van der Waals surface area contributed by atoms with Crippen molar-refractivity contribution in [3.05, 3.63) is 48.0 Å². The summed E-state index contributed by atoms with van der Waals surface area (Å²) in [5.41, 5.74) is 1.94. The maximum absolute atomic E-state index is 12.3. The van der Waals surface area contributed by atoms with Crippen molar-refractivity contribution in [3.63, 3.8) is 0 Å². The smallest absolute Gasteiger partial charge is 0.475 e. The molecule has 2 aromatic rings. The lowest BCUT2D eigenvalue weighted by Gasteiger charge is -2.47. The lowest BCUT2D eigenvalue weighted by molar-refractivity contribution is -0.193. The molecule has 2 aromatic heterocycles. The number of carbonyl (C=O) groups is 3. The Bertz CT molecular complexity index is 1110. The van der Waals surface area contributed by atoms with E-state index in [9.17, 15) is 31.1 Å². The Balaban J connectivity index is 0.000000333. The van der Waals surface area contributed by atoms with Crippen LogP contribution in [0.5, 0.6) is 0 Å². The molecule has 1 spiro atoms. The summed E-state index contributed by atoms with van der Waals surface area (Å²) in [5, 5.41) is 18.5. The second-order valence-electron chi connectivity index (χ2n) is 8.95. The maximum atomic E-state index is 12.3.